The highest BCUT2D eigenvalue weighted by Crippen LogP contribution is 2.35. The van der Waals surface area contributed by atoms with E-state index in [9.17, 15) is 24.6 Å². The summed E-state index contributed by atoms with van der Waals surface area (Å²) in [6.07, 6.45) is -0.486. The Morgan fingerprint density at radius 3 is 2.10 bits per heavy atom. The zero-order valence-electron chi connectivity index (χ0n) is 16.1. The number of H-pyrrole nitrogens is 1. The number of aromatic amines is 1. The van der Waals surface area contributed by atoms with Gasteiger partial charge in [0, 0.05) is 11.1 Å². The van der Waals surface area contributed by atoms with Crippen molar-refractivity contribution in [2.75, 3.05) is 18.9 Å². The minimum Gasteiger partial charge on any atom is -0.478 e. The minimum absolute atomic E-state index is 0.238. The van der Waals surface area contributed by atoms with E-state index in [-0.39, 0.29) is 11.1 Å². The van der Waals surface area contributed by atoms with Gasteiger partial charge in [-0.15, -0.1) is 0 Å². The summed E-state index contributed by atoms with van der Waals surface area (Å²) in [6, 6.07) is 14.0. The fourth-order valence-electron chi connectivity index (χ4n) is 3.66. The number of hydrogen-bond acceptors (Lipinski definition) is 6. The quantitative estimate of drug-likeness (QED) is 0.490. The van der Waals surface area contributed by atoms with Crippen molar-refractivity contribution in [2.45, 2.75) is 6.29 Å². The Morgan fingerprint density at radius 1 is 0.903 bits per heavy atom. The Labute approximate surface area is 175 Å². The van der Waals surface area contributed by atoms with E-state index in [1.54, 1.807) is 24.3 Å². The van der Waals surface area contributed by atoms with Crippen molar-refractivity contribution in [3.8, 4) is 22.3 Å². The van der Waals surface area contributed by atoms with Crippen molar-refractivity contribution in [1.29, 1.82) is 0 Å². The molecular formula is C22H18N2O7. The van der Waals surface area contributed by atoms with Crippen LogP contribution in [0, 0.1) is 0 Å². The summed E-state index contributed by atoms with van der Waals surface area (Å²) < 4.78 is 11.2. The summed E-state index contributed by atoms with van der Waals surface area (Å²) in [5.74, 6) is -3.41. The average Bonchev–Trinajstić information content (AvgIpc) is 3.27. The van der Waals surface area contributed by atoms with Crippen LogP contribution in [0.4, 0.5) is 5.82 Å². The van der Waals surface area contributed by atoms with Gasteiger partial charge in [-0.3, -0.25) is 4.79 Å². The second kappa shape index (κ2) is 8.05. The lowest BCUT2D eigenvalue weighted by Gasteiger charge is -2.16. The lowest BCUT2D eigenvalue weighted by molar-refractivity contribution is -0.0436. The molecular weight excluding hydrogens is 404 g/mol. The van der Waals surface area contributed by atoms with Gasteiger partial charge in [-0.25, -0.2) is 9.59 Å². The molecule has 0 bridgehead atoms. The van der Waals surface area contributed by atoms with Crippen LogP contribution in [-0.4, -0.2) is 40.3 Å². The van der Waals surface area contributed by atoms with E-state index >= 15 is 0 Å². The topological polar surface area (TPSA) is 152 Å². The SMILES string of the molecule is Nc1[nH]c(=O)c(C(=O)O)c(-c2ccc(-c3ccccc3C3OCCO3)cc2)c1C(=O)O. The fourth-order valence-corrected chi connectivity index (χ4v) is 3.66. The number of aromatic carboxylic acids is 2. The van der Waals surface area contributed by atoms with Gasteiger partial charge in [0.05, 0.1) is 13.2 Å². The Kier molecular flexibility index (Phi) is 5.28. The van der Waals surface area contributed by atoms with Gasteiger partial charge in [0.15, 0.2) is 6.29 Å². The van der Waals surface area contributed by atoms with Gasteiger partial charge in [0.1, 0.15) is 16.9 Å². The van der Waals surface area contributed by atoms with Gasteiger partial charge < -0.3 is 30.4 Å². The Balaban J connectivity index is 1.85. The lowest BCUT2D eigenvalue weighted by Crippen LogP contribution is -2.24. The number of benzene rings is 2. The molecule has 9 nitrogen and oxygen atoms in total. The number of nitrogens with one attached hydrogen (secondary N) is 1. The molecule has 0 aliphatic carbocycles. The van der Waals surface area contributed by atoms with Crippen LogP contribution >= 0.6 is 0 Å². The number of carboxylic acids is 2. The van der Waals surface area contributed by atoms with Crippen LogP contribution in [0.2, 0.25) is 0 Å². The molecule has 4 rings (SSSR count). The average molecular weight is 422 g/mol. The van der Waals surface area contributed by atoms with Crippen molar-refractivity contribution in [2.24, 2.45) is 0 Å². The van der Waals surface area contributed by atoms with Crippen LogP contribution in [0.25, 0.3) is 22.3 Å². The molecule has 1 aliphatic heterocycles. The highest BCUT2D eigenvalue weighted by Gasteiger charge is 2.27. The van der Waals surface area contributed by atoms with Crippen LogP contribution in [-0.2, 0) is 9.47 Å². The molecule has 0 saturated carbocycles. The first-order chi connectivity index (χ1) is 14.9. The Bertz CT molecular complexity index is 1230. The lowest BCUT2D eigenvalue weighted by atomic mass is 9.92. The standard InChI is InChI=1S/C22H18N2O7/c23-18-16(20(26)27)15(17(21(28)29)19(25)24-18)12-7-5-11(6-8-12)13-3-1-2-4-14(13)22-30-9-10-31-22/h1-8,22H,9-10H2,(H,26,27)(H,28,29)(H3,23,24,25). The predicted octanol–water partition coefficient (Wildman–Crippen LogP) is 2.73. The molecule has 0 spiro atoms. The molecule has 1 saturated heterocycles. The second-order valence-corrected chi connectivity index (χ2v) is 6.84. The van der Waals surface area contributed by atoms with E-state index in [1.807, 2.05) is 24.3 Å². The number of anilines is 1. The number of carboxylic acid groups (broad SMARTS) is 2. The number of hydrogen-bond donors (Lipinski definition) is 4. The molecule has 0 unspecified atom stereocenters. The number of pyridine rings is 1. The molecule has 3 aromatic rings. The summed E-state index contributed by atoms with van der Waals surface area (Å²) in [7, 11) is 0. The van der Waals surface area contributed by atoms with Crippen LogP contribution < -0.4 is 11.3 Å². The predicted molar refractivity (Wildman–Crippen MR) is 111 cm³/mol. The Hall–Kier alpha value is -3.95. The van der Waals surface area contributed by atoms with Gasteiger partial charge >= 0.3 is 11.9 Å². The molecule has 2 aromatic carbocycles. The maximum Gasteiger partial charge on any atom is 0.342 e. The number of nitrogens with two attached hydrogens (primary N) is 1. The van der Waals surface area contributed by atoms with E-state index < -0.39 is 40.7 Å². The van der Waals surface area contributed by atoms with E-state index in [0.29, 0.717) is 13.2 Å². The summed E-state index contributed by atoms with van der Waals surface area (Å²) in [5, 5.41) is 19.1. The number of carbonyl (C=O) groups is 2. The summed E-state index contributed by atoms with van der Waals surface area (Å²) in [6.45, 7) is 0.996. The van der Waals surface area contributed by atoms with Crippen molar-refractivity contribution in [3.63, 3.8) is 0 Å². The highest BCUT2D eigenvalue weighted by molar-refractivity contribution is 6.07. The molecule has 9 heteroatoms. The first-order valence-electron chi connectivity index (χ1n) is 9.33. The third kappa shape index (κ3) is 3.67. The van der Waals surface area contributed by atoms with E-state index in [4.69, 9.17) is 15.2 Å². The molecule has 5 N–H and O–H groups in total. The zero-order chi connectivity index (χ0) is 22.1. The van der Waals surface area contributed by atoms with Crippen LogP contribution in [0.1, 0.15) is 32.6 Å². The summed E-state index contributed by atoms with van der Waals surface area (Å²) in [5.41, 5.74) is 6.01. The van der Waals surface area contributed by atoms with Crippen LogP contribution in [0.5, 0.6) is 0 Å². The van der Waals surface area contributed by atoms with Crippen molar-refractivity contribution >= 4 is 17.8 Å². The first kappa shape index (κ1) is 20.3. The molecule has 2 heterocycles. The molecule has 1 fully saturated rings. The summed E-state index contributed by atoms with van der Waals surface area (Å²) in [4.78, 5) is 37.7. The van der Waals surface area contributed by atoms with Gasteiger partial charge in [-0.2, -0.15) is 0 Å². The Morgan fingerprint density at radius 2 is 1.48 bits per heavy atom. The molecule has 1 aromatic heterocycles. The molecule has 0 atom stereocenters. The minimum atomic E-state index is -1.55. The highest BCUT2D eigenvalue weighted by atomic mass is 16.7. The van der Waals surface area contributed by atoms with Crippen LogP contribution in [0.3, 0.4) is 0 Å². The van der Waals surface area contributed by atoms with Crippen molar-refractivity contribution < 1.29 is 29.3 Å². The molecule has 158 valence electrons. The number of rotatable bonds is 5. The van der Waals surface area contributed by atoms with Gasteiger partial charge in [-0.1, -0.05) is 48.5 Å². The van der Waals surface area contributed by atoms with Gasteiger partial charge in [0.2, 0.25) is 0 Å². The monoisotopic (exact) mass is 422 g/mol. The van der Waals surface area contributed by atoms with Gasteiger partial charge in [-0.05, 0) is 16.7 Å². The van der Waals surface area contributed by atoms with Crippen LogP contribution in [0.15, 0.2) is 53.3 Å². The third-order valence-electron chi connectivity index (χ3n) is 4.99. The fraction of sp³-hybridized carbons (Fsp3) is 0.136. The largest absolute Gasteiger partial charge is 0.478 e. The van der Waals surface area contributed by atoms with Crippen molar-refractivity contribution in [3.05, 3.63) is 75.6 Å². The maximum absolute atomic E-state index is 12.2. The second-order valence-electron chi connectivity index (χ2n) is 6.84. The van der Waals surface area contributed by atoms with Gasteiger partial charge in [0.25, 0.3) is 5.56 Å². The van der Waals surface area contributed by atoms with E-state index in [0.717, 1.165) is 16.7 Å². The van der Waals surface area contributed by atoms with E-state index in [2.05, 4.69) is 4.98 Å². The normalized spacial score (nSPS) is 13.9. The summed E-state index contributed by atoms with van der Waals surface area (Å²) >= 11 is 0. The number of aromatic nitrogens is 1. The molecule has 0 amide bonds. The molecule has 1 aliphatic rings. The third-order valence-corrected chi connectivity index (χ3v) is 4.99. The first-order valence-corrected chi connectivity index (χ1v) is 9.33. The smallest absolute Gasteiger partial charge is 0.342 e. The number of nitrogen functional groups attached to an aromatic ring is 1. The number of ether oxygens (including phenoxy) is 2. The van der Waals surface area contributed by atoms with E-state index in [1.165, 1.54) is 0 Å². The zero-order valence-corrected chi connectivity index (χ0v) is 16.1. The maximum atomic E-state index is 12.2. The molecule has 0 radical (unpaired) electrons. The molecule has 31 heavy (non-hydrogen) atoms. The van der Waals surface area contributed by atoms with Crippen molar-refractivity contribution in [1.82, 2.24) is 4.98 Å².